The largest absolute Gasteiger partial charge is 0.333 e. The SMILES string of the molecule is C[C@H]1CC(=O)Nc2ccccc2N1C(=O)CSc1ncc(-c2ccc(Br)cc2)[nH]1. The molecule has 29 heavy (non-hydrogen) atoms. The lowest BCUT2D eigenvalue weighted by atomic mass is 10.2. The highest BCUT2D eigenvalue weighted by atomic mass is 79.9. The van der Waals surface area contributed by atoms with E-state index < -0.39 is 0 Å². The fourth-order valence-corrected chi connectivity index (χ4v) is 4.29. The molecule has 0 aliphatic carbocycles. The van der Waals surface area contributed by atoms with E-state index in [9.17, 15) is 9.59 Å². The predicted octanol–water partition coefficient (Wildman–Crippen LogP) is 4.70. The first kappa shape index (κ1) is 19.7. The van der Waals surface area contributed by atoms with Gasteiger partial charge in [0.15, 0.2) is 5.16 Å². The number of anilines is 2. The summed E-state index contributed by atoms with van der Waals surface area (Å²) in [4.78, 5) is 34.5. The van der Waals surface area contributed by atoms with E-state index in [2.05, 4.69) is 31.2 Å². The number of H-pyrrole nitrogens is 1. The van der Waals surface area contributed by atoms with Gasteiger partial charge in [-0.25, -0.2) is 4.98 Å². The summed E-state index contributed by atoms with van der Waals surface area (Å²) in [5, 5.41) is 3.56. The van der Waals surface area contributed by atoms with Crippen LogP contribution in [-0.2, 0) is 9.59 Å². The Hall–Kier alpha value is -2.58. The van der Waals surface area contributed by atoms with E-state index in [1.807, 2.05) is 55.5 Å². The minimum Gasteiger partial charge on any atom is -0.333 e. The Morgan fingerprint density at radius 2 is 2.00 bits per heavy atom. The Bertz CT molecular complexity index is 1050. The van der Waals surface area contributed by atoms with Crippen LogP contribution in [0.15, 0.2) is 64.4 Å². The summed E-state index contributed by atoms with van der Waals surface area (Å²) in [6.07, 6.45) is 2.03. The summed E-state index contributed by atoms with van der Waals surface area (Å²) in [5.41, 5.74) is 3.32. The zero-order valence-corrected chi connectivity index (χ0v) is 18.1. The molecule has 0 unspecified atom stereocenters. The number of hydrogen-bond donors (Lipinski definition) is 2. The molecule has 4 rings (SSSR count). The molecule has 148 valence electrons. The van der Waals surface area contributed by atoms with Crippen molar-refractivity contribution in [1.82, 2.24) is 9.97 Å². The number of imidazole rings is 1. The molecule has 0 fully saturated rings. The van der Waals surface area contributed by atoms with Gasteiger partial charge in [0.05, 0.1) is 29.0 Å². The van der Waals surface area contributed by atoms with E-state index in [0.29, 0.717) is 10.8 Å². The number of nitrogens with zero attached hydrogens (tertiary/aromatic N) is 2. The second kappa shape index (κ2) is 8.42. The fourth-order valence-electron chi connectivity index (χ4n) is 3.32. The number of aromatic nitrogens is 2. The van der Waals surface area contributed by atoms with Crippen LogP contribution in [0.5, 0.6) is 0 Å². The summed E-state index contributed by atoms with van der Waals surface area (Å²) in [5.74, 6) is 0.0753. The first-order valence-corrected chi connectivity index (χ1v) is 10.9. The molecule has 2 aromatic carbocycles. The number of para-hydroxylation sites is 2. The fraction of sp³-hybridized carbons (Fsp3) is 0.190. The van der Waals surface area contributed by atoms with Crippen molar-refractivity contribution in [3.63, 3.8) is 0 Å². The molecule has 8 heteroatoms. The maximum Gasteiger partial charge on any atom is 0.237 e. The number of fused-ring (bicyclic) bond motifs is 1. The van der Waals surface area contributed by atoms with Gasteiger partial charge in [0.2, 0.25) is 11.8 Å². The highest BCUT2D eigenvalue weighted by molar-refractivity contribution is 9.10. The number of halogens is 1. The lowest BCUT2D eigenvalue weighted by molar-refractivity contribution is -0.117. The Kier molecular flexibility index (Phi) is 5.73. The molecule has 6 nitrogen and oxygen atoms in total. The molecule has 2 amide bonds. The lowest BCUT2D eigenvalue weighted by Gasteiger charge is -2.27. The van der Waals surface area contributed by atoms with E-state index in [4.69, 9.17) is 0 Å². The average Bonchev–Trinajstić information content (AvgIpc) is 3.12. The lowest BCUT2D eigenvalue weighted by Crippen LogP contribution is -2.40. The quantitative estimate of drug-likeness (QED) is 0.541. The number of aromatic amines is 1. The van der Waals surface area contributed by atoms with Crippen molar-refractivity contribution in [2.24, 2.45) is 0 Å². The summed E-state index contributed by atoms with van der Waals surface area (Å²) in [7, 11) is 0. The Balaban J connectivity index is 1.48. The standard InChI is InChI=1S/C21H19BrN4O2S/c1-13-10-19(27)24-16-4-2-3-5-18(16)26(13)20(28)12-29-21-23-11-17(25-21)14-6-8-15(22)9-7-14/h2-9,11,13H,10,12H2,1H3,(H,23,25)(H,24,27)/t13-/m0/s1. The number of benzene rings is 2. The van der Waals surface area contributed by atoms with Crippen LogP contribution in [0.1, 0.15) is 13.3 Å². The summed E-state index contributed by atoms with van der Waals surface area (Å²) < 4.78 is 1.01. The molecule has 0 saturated carbocycles. The van der Waals surface area contributed by atoms with Crippen LogP contribution in [0.25, 0.3) is 11.3 Å². The van der Waals surface area contributed by atoms with Crippen LogP contribution < -0.4 is 10.2 Å². The highest BCUT2D eigenvalue weighted by Gasteiger charge is 2.29. The van der Waals surface area contributed by atoms with Gasteiger partial charge in [0.25, 0.3) is 0 Å². The first-order valence-electron chi connectivity index (χ1n) is 9.16. The molecule has 2 N–H and O–H groups in total. The third-order valence-corrected chi connectivity index (χ3v) is 6.07. The predicted molar refractivity (Wildman–Crippen MR) is 119 cm³/mol. The zero-order chi connectivity index (χ0) is 20.4. The third-order valence-electron chi connectivity index (χ3n) is 4.67. The number of carbonyl (C=O) groups is 2. The van der Waals surface area contributed by atoms with Crippen molar-refractivity contribution in [2.75, 3.05) is 16.0 Å². The molecule has 1 aliphatic heterocycles. The molecule has 1 aromatic heterocycles. The topological polar surface area (TPSA) is 78.1 Å². The van der Waals surface area contributed by atoms with Gasteiger partial charge in [-0.1, -0.05) is 52.0 Å². The molecule has 0 saturated heterocycles. The Morgan fingerprint density at radius 3 is 2.79 bits per heavy atom. The Labute approximate surface area is 181 Å². The van der Waals surface area contributed by atoms with E-state index in [1.54, 1.807) is 11.1 Å². The molecule has 0 spiro atoms. The van der Waals surface area contributed by atoms with Gasteiger partial charge in [0.1, 0.15) is 0 Å². The molecule has 0 radical (unpaired) electrons. The molecular weight excluding hydrogens is 452 g/mol. The monoisotopic (exact) mass is 470 g/mol. The summed E-state index contributed by atoms with van der Waals surface area (Å²) in [6, 6.07) is 15.1. The van der Waals surface area contributed by atoms with Gasteiger partial charge in [-0.15, -0.1) is 0 Å². The molecule has 1 aliphatic rings. The van der Waals surface area contributed by atoms with E-state index in [0.717, 1.165) is 21.4 Å². The van der Waals surface area contributed by atoms with Gasteiger partial charge in [-0.3, -0.25) is 9.59 Å². The number of amides is 2. The number of nitrogens with one attached hydrogen (secondary N) is 2. The van der Waals surface area contributed by atoms with Gasteiger partial charge < -0.3 is 15.2 Å². The number of hydrogen-bond acceptors (Lipinski definition) is 4. The van der Waals surface area contributed by atoms with Crippen LogP contribution >= 0.6 is 27.7 Å². The molecule has 3 aromatic rings. The molecule has 0 bridgehead atoms. The smallest absolute Gasteiger partial charge is 0.237 e. The van der Waals surface area contributed by atoms with Crippen molar-refractivity contribution in [1.29, 1.82) is 0 Å². The molecular formula is C21H19BrN4O2S. The van der Waals surface area contributed by atoms with Gasteiger partial charge >= 0.3 is 0 Å². The van der Waals surface area contributed by atoms with Crippen LogP contribution in [0, 0.1) is 0 Å². The summed E-state index contributed by atoms with van der Waals surface area (Å²) >= 11 is 4.78. The van der Waals surface area contributed by atoms with E-state index in [1.165, 1.54) is 11.8 Å². The second-order valence-corrected chi connectivity index (χ2v) is 8.66. The zero-order valence-electron chi connectivity index (χ0n) is 15.7. The van der Waals surface area contributed by atoms with Gasteiger partial charge in [-0.2, -0.15) is 0 Å². The van der Waals surface area contributed by atoms with Gasteiger partial charge in [0, 0.05) is 16.9 Å². The number of carbonyl (C=O) groups excluding carboxylic acids is 2. The minimum absolute atomic E-state index is 0.0620. The van der Waals surface area contributed by atoms with Crippen LogP contribution in [0.2, 0.25) is 0 Å². The van der Waals surface area contributed by atoms with Crippen molar-refractivity contribution in [3.05, 3.63) is 59.2 Å². The number of rotatable bonds is 4. The Morgan fingerprint density at radius 1 is 1.24 bits per heavy atom. The van der Waals surface area contributed by atoms with Crippen molar-refractivity contribution < 1.29 is 9.59 Å². The third kappa shape index (κ3) is 4.38. The normalized spacial score (nSPS) is 16.1. The van der Waals surface area contributed by atoms with Crippen molar-refractivity contribution >= 4 is 50.9 Å². The van der Waals surface area contributed by atoms with E-state index >= 15 is 0 Å². The second-order valence-electron chi connectivity index (χ2n) is 6.78. The molecule has 1 atom stereocenters. The average molecular weight is 471 g/mol. The van der Waals surface area contributed by atoms with Crippen LogP contribution in [-0.4, -0.2) is 33.6 Å². The van der Waals surface area contributed by atoms with Crippen molar-refractivity contribution in [2.45, 2.75) is 24.5 Å². The van der Waals surface area contributed by atoms with E-state index in [-0.39, 0.29) is 30.0 Å². The highest BCUT2D eigenvalue weighted by Crippen LogP contribution is 2.32. The maximum atomic E-state index is 13.0. The van der Waals surface area contributed by atoms with Crippen LogP contribution in [0.4, 0.5) is 11.4 Å². The van der Waals surface area contributed by atoms with Gasteiger partial charge in [-0.05, 0) is 36.8 Å². The maximum absolute atomic E-state index is 13.0. The minimum atomic E-state index is -0.221. The summed E-state index contributed by atoms with van der Waals surface area (Å²) in [6.45, 7) is 1.89. The first-order chi connectivity index (χ1) is 14.0. The van der Waals surface area contributed by atoms with Crippen LogP contribution in [0.3, 0.4) is 0 Å². The molecule has 2 heterocycles. The number of thioether (sulfide) groups is 1. The van der Waals surface area contributed by atoms with Crippen molar-refractivity contribution in [3.8, 4) is 11.3 Å².